The highest BCUT2D eigenvalue weighted by Crippen LogP contribution is 2.26. The number of nitrogens with two attached hydrogens (primary N) is 1. The van der Waals surface area contributed by atoms with Gasteiger partial charge in [-0.3, -0.25) is 4.98 Å². The molecule has 18 heavy (non-hydrogen) atoms. The Bertz CT molecular complexity index is 697. The Balaban J connectivity index is 2.15. The summed E-state index contributed by atoms with van der Waals surface area (Å²) in [5, 5.41) is 2.92. The number of hydrogen-bond donors (Lipinski definition) is 1. The third-order valence-corrected chi connectivity index (χ3v) is 3.87. The van der Waals surface area contributed by atoms with Crippen LogP contribution in [-0.4, -0.2) is 19.5 Å². The molecule has 0 aliphatic rings. The van der Waals surface area contributed by atoms with Gasteiger partial charge in [-0.05, 0) is 13.0 Å². The van der Waals surface area contributed by atoms with E-state index in [4.69, 9.17) is 5.73 Å². The van der Waals surface area contributed by atoms with Crippen LogP contribution in [0.4, 0.5) is 0 Å². The van der Waals surface area contributed by atoms with Crippen LogP contribution in [0.2, 0.25) is 0 Å². The summed E-state index contributed by atoms with van der Waals surface area (Å²) in [5.74, 6) is 0.848. The Hall–Kier alpha value is -1.79. The molecule has 0 bridgehead atoms. The van der Waals surface area contributed by atoms with Gasteiger partial charge in [-0.2, -0.15) is 0 Å². The van der Waals surface area contributed by atoms with Crippen LogP contribution in [0.25, 0.3) is 22.6 Å². The zero-order valence-electron chi connectivity index (χ0n) is 10.2. The molecule has 3 heterocycles. The fraction of sp³-hybridized carbons (Fsp3) is 0.250. The van der Waals surface area contributed by atoms with E-state index in [1.165, 1.54) is 0 Å². The molecule has 0 saturated heterocycles. The van der Waals surface area contributed by atoms with Crippen molar-refractivity contribution in [1.29, 1.82) is 0 Å². The van der Waals surface area contributed by atoms with Crippen LogP contribution < -0.4 is 5.73 Å². The number of aromatic nitrogens is 4. The van der Waals surface area contributed by atoms with Crippen LogP contribution in [0.3, 0.4) is 0 Å². The molecule has 5 nitrogen and oxygen atoms in total. The van der Waals surface area contributed by atoms with Gasteiger partial charge in [0.15, 0.2) is 5.82 Å². The van der Waals surface area contributed by atoms with Crippen molar-refractivity contribution >= 4 is 22.4 Å². The second kappa shape index (κ2) is 4.15. The number of aryl methyl sites for hydroxylation is 1. The van der Waals surface area contributed by atoms with E-state index in [1.807, 2.05) is 36.2 Å². The summed E-state index contributed by atoms with van der Waals surface area (Å²) in [6.07, 6.45) is 3.55. The minimum Gasteiger partial charge on any atom is -0.325 e. The highest BCUT2D eigenvalue weighted by Gasteiger charge is 2.14. The van der Waals surface area contributed by atoms with Crippen molar-refractivity contribution in [3.05, 3.63) is 28.8 Å². The Morgan fingerprint density at radius 2 is 2.22 bits per heavy atom. The first-order valence-corrected chi connectivity index (χ1v) is 6.52. The van der Waals surface area contributed by atoms with Crippen LogP contribution in [0.5, 0.6) is 0 Å². The molecule has 6 heteroatoms. The number of rotatable bonds is 2. The lowest BCUT2D eigenvalue weighted by Gasteiger charge is -1.99. The molecule has 0 saturated carbocycles. The first-order valence-electron chi connectivity index (χ1n) is 5.64. The summed E-state index contributed by atoms with van der Waals surface area (Å²) < 4.78 is 2.00. The third kappa shape index (κ3) is 1.70. The van der Waals surface area contributed by atoms with Crippen molar-refractivity contribution < 1.29 is 0 Å². The van der Waals surface area contributed by atoms with Crippen LogP contribution in [0.1, 0.15) is 18.0 Å². The Kier molecular flexibility index (Phi) is 2.61. The minimum atomic E-state index is -0.0416. The normalized spacial score (nSPS) is 13.1. The molecule has 3 aromatic heterocycles. The van der Waals surface area contributed by atoms with Crippen LogP contribution in [0.15, 0.2) is 23.8 Å². The summed E-state index contributed by atoms with van der Waals surface area (Å²) in [4.78, 5) is 13.2. The van der Waals surface area contributed by atoms with E-state index < -0.39 is 0 Å². The maximum absolute atomic E-state index is 5.83. The smallest absolute Gasteiger partial charge is 0.160 e. The summed E-state index contributed by atoms with van der Waals surface area (Å²) >= 11 is 1.57. The zero-order chi connectivity index (χ0) is 12.7. The van der Waals surface area contributed by atoms with Crippen molar-refractivity contribution in [3.63, 3.8) is 0 Å². The predicted octanol–water partition coefficient (Wildman–Crippen LogP) is 2.11. The second-order valence-corrected chi connectivity index (χ2v) is 5.11. The summed E-state index contributed by atoms with van der Waals surface area (Å²) in [7, 11) is 1.97. The molecule has 2 N–H and O–H groups in total. The number of nitrogens with zero attached hydrogens (tertiary/aromatic N) is 4. The van der Waals surface area contributed by atoms with Crippen molar-refractivity contribution in [3.8, 4) is 11.5 Å². The number of pyridine rings is 1. The van der Waals surface area contributed by atoms with Gasteiger partial charge < -0.3 is 10.3 Å². The highest BCUT2D eigenvalue weighted by atomic mass is 32.1. The number of thiazole rings is 1. The lowest BCUT2D eigenvalue weighted by molar-refractivity contribution is 0.806. The summed E-state index contributed by atoms with van der Waals surface area (Å²) in [5.41, 5.74) is 8.63. The number of fused-ring (bicyclic) bond motifs is 1. The Morgan fingerprint density at radius 1 is 1.39 bits per heavy atom. The molecule has 0 radical (unpaired) electrons. The fourth-order valence-electron chi connectivity index (χ4n) is 1.86. The van der Waals surface area contributed by atoms with Gasteiger partial charge in [-0.15, -0.1) is 11.3 Å². The summed E-state index contributed by atoms with van der Waals surface area (Å²) in [6, 6.07) is 1.86. The lowest BCUT2D eigenvalue weighted by atomic mass is 10.4. The van der Waals surface area contributed by atoms with E-state index in [0.717, 1.165) is 27.6 Å². The van der Waals surface area contributed by atoms with E-state index >= 15 is 0 Å². The van der Waals surface area contributed by atoms with Gasteiger partial charge in [0.25, 0.3) is 0 Å². The van der Waals surface area contributed by atoms with E-state index in [0.29, 0.717) is 0 Å². The molecular weight excluding hydrogens is 246 g/mol. The van der Waals surface area contributed by atoms with Crippen molar-refractivity contribution in [2.24, 2.45) is 12.8 Å². The molecule has 3 rings (SSSR count). The van der Waals surface area contributed by atoms with E-state index in [9.17, 15) is 0 Å². The maximum Gasteiger partial charge on any atom is 0.160 e. The van der Waals surface area contributed by atoms with Crippen molar-refractivity contribution in [2.45, 2.75) is 13.0 Å². The van der Waals surface area contributed by atoms with Gasteiger partial charge in [-0.25, -0.2) is 9.97 Å². The average molecular weight is 259 g/mol. The Morgan fingerprint density at radius 3 is 2.89 bits per heavy atom. The van der Waals surface area contributed by atoms with Crippen molar-refractivity contribution in [2.75, 3.05) is 0 Å². The van der Waals surface area contributed by atoms with Crippen LogP contribution >= 0.6 is 11.3 Å². The Labute approximate surface area is 108 Å². The lowest BCUT2D eigenvalue weighted by Crippen LogP contribution is -2.04. The molecule has 0 spiro atoms. The fourth-order valence-corrected chi connectivity index (χ4v) is 2.62. The quantitative estimate of drug-likeness (QED) is 0.765. The van der Waals surface area contributed by atoms with E-state index in [2.05, 4.69) is 15.0 Å². The molecule has 1 atom stereocenters. The standard InChI is InChI=1S/C12H13N5S/c1-7(13)12-16-9(6-18-12)11-15-8-3-4-14-5-10(8)17(11)2/h3-7H,13H2,1-2H3. The number of hydrogen-bond acceptors (Lipinski definition) is 5. The van der Waals surface area contributed by atoms with Gasteiger partial charge in [0.2, 0.25) is 0 Å². The SMILES string of the molecule is CC(N)c1nc(-c2nc3ccncc3n2C)cs1. The minimum absolute atomic E-state index is 0.0416. The molecule has 0 fully saturated rings. The topological polar surface area (TPSA) is 69.6 Å². The van der Waals surface area contributed by atoms with Gasteiger partial charge in [0.05, 0.1) is 23.3 Å². The highest BCUT2D eigenvalue weighted by molar-refractivity contribution is 7.10. The maximum atomic E-state index is 5.83. The predicted molar refractivity (Wildman–Crippen MR) is 72.2 cm³/mol. The van der Waals surface area contributed by atoms with Gasteiger partial charge >= 0.3 is 0 Å². The summed E-state index contributed by atoms with van der Waals surface area (Å²) in [6.45, 7) is 1.93. The molecule has 3 aromatic rings. The first-order chi connectivity index (χ1) is 8.66. The first kappa shape index (κ1) is 11.3. The van der Waals surface area contributed by atoms with Crippen LogP contribution in [0, 0.1) is 0 Å². The van der Waals surface area contributed by atoms with Gasteiger partial charge in [-0.1, -0.05) is 0 Å². The van der Waals surface area contributed by atoms with E-state index in [1.54, 1.807) is 17.5 Å². The average Bonchev–Trinajstić information content (AvgIpc) is 2.95. The second-order valence-electron chi connectivity index (χ2n) is 4.22. The van der Waals surface area contributed by atoms with Gasteiger partial charge in [0, 0.05) is 18.6 Å². The third-order valence-electron chi connectivity index (χ3n) is 2.82. The monoisotopic (exact) mass is 259 g/mol. The molecule has 0 aliphatic heterocycles. The largest absolute Gasteiger partial charge is 0.325 e. The molecule has 0 amide bonds. The van der Waals surface area contributed by atoms with Crippen molar-refractivity contribution in [1.82, 2.24) is 19.5 Å². The molecule has 0 aromatic carbocycles. The zero-order valence-corrected chi connectivity index (χ0v) is 11.0. The molecular formula is C12H13N5S. The van der Waals surface area contributed by atoms with Gasteiger partial charge in [0.1, 0.15) is 10.7 Å². The van der Waals surface area contributed by atoms with E-state index in [-0.39, 0.29) is 6.04 Å². The molecule has 0 aliphatic carbocycles. The van der Waals surface area contributed by atoms with Crippen LogP contribution in [-0.2, 0) is 7.05 Å². The molecule has 1 unspecified atom stereocenters. The number of imidazole rings is 1. The molecule has 92 valence electrons.